The Balaban J connectivity index is 4.06. The number of amides is 2. The first-order chi connectivity index (χ1) is 8.74. The van der Waals surface area contributed by atoms with Gasteiger partial charge in [-0.1, -0.05) is 13.8 Å². The molecule has 0 rings (SSSR count). The van der Waals surface area contributed by atoms with Gasteiger partial charge < -0.3 is 31.1 Å². The molecule has 2 amide bonds. The Morgan fingerprint density at radius 3 is 2.21 bits per heavy atom. The number of hydrogen-bond donors (Lipinski definition) is 6. The second-order valence-electron chi connectivity index (χ2n) is 4.91. The van der Waals surface area contributed by atoms with Crippen LogP contribution in [0.3, 0.4) is 0 Å². The van der Waals surface area contributed by atoms with Crippen molar-refractivity contribution in [3.05, 3.63) is 0 Å². The van der Waals surface area contributed by atoms with E-state index in [0.717, 1.165) is 0 Å². The molecule has 2 atom stereocenters. The minimum Gasteiger partial charge on any atom is -0.396 e. The molecular formula is C11H22N2O6. The summed E-state index contributed by atoms with van der Waals surface area (Å²) < 4.78 is 0. The number of aliphatic hydroxyl groups excluding tert-OH is 4. The third-order valence-corrected chi connectivity index (χ3v) is 2.56. The number of hydrogen-bond acceptors (Lipinski definition) is 6. The topological polar surface area (TPSA) is 139 Å². The van der Waals surface area contributed by atoms with Crippen LogP contribution in [0.5, 0.6) is 0 Å². The highest BCUT2D eigenvalue weighted by Gasteiger charge is 2.32. The molecule has 19 heavy (non-hydrogen) atoms. The van der Waals surface area contributed by atoms with Gasteiger partial charge in [-0.3, -0.25) is 9.59 Å². The third-order valence-electron chi connectivity index (χ3n) is 2.56. The van der Waals surface area contributed by atoms with Crippen LogP contribution in [-0.2, 0) is 9.59 Å². The maximum Gasteiger partial charge on any atom is 0.249 e. The maximum atomic E-state index is 11.5. The molecule has 0 heterocycles. The van der Waals surface area contributed by atoms with Crippen LogP contribution >= 0.6 is 0 Å². The zero-order chi connectivity index (χ0) is 15.1. The molecule has 0 aliphatic heterocycles. The zero-order valence-electron chi connectivity index (χ0n) is 11.1. The normalized spacial score (nSPS) is 14.6. The Morgan fingerprint density at radius 1 is 1.16 bits per heavy atom. The van der Waals surface area contributed by atoms with Crippen molar-refractivity contribution in [2.45, 2.75) is 26.1 Å². The number of carbonyl (C=O) groups is 2. The fourth-order valence-electron chi connectivity index (χ4n) is 1.06. The molecule has 0 aliphatic carbocycles. The average molecular weight is 278 g/mol. The lowest BCUT2D eigenvalue weighted by Gasteiger charge is -2.27. The van der Waals surface area contributed by atoms with Crippen LogP contribution < -0.4 is 10.6 Å². The largest absolute Gasteiger partial charge is 0.396 e. The van der Waals surface area contributed by atoms with E-state index in [-0.39, 0.29) is 19.7 Å². The van der Waals surface area contributed by atoms with Crippen molar-refractivity contribution in [3.63, 3.8) is 0 Å². The van der Waals surface area contributed by atoms with Gasteiger partial charge in [0.1, 0.15) is 6.10 Å². The molecule has 0 fully saturated rings. The zero-order valence-corrected chi connectivity index (χ0v) is 11.1. The van der Waals surface area contributed by atoms with Crippen LogP contribution in [0.4, 0.5) is 0 Å². The Kier molecular flexibility index (Phi) is 7.53. The van der Waals surface area contributed by atoms with Crippen molar-refractivity contribution in [1.82, 2.24) is 10.6 Å². The van der Waals surface area contributed by atoms with E-state index in [2.05, 4.69) is 10.6 Å². The summed E-state index contributed by atoms with van der Waals surface area (Å²) in [5.41, 5.74) is -1.01. The molecule has 0 bridgehead atoms. The maximum absolute atomic E-state index is 11.5. The quantitative estimate of drug-likeness (QED) is 0.279. The highest BCUT2D eigenvalue weighted by Crippen LogP contribution is 2.19. The van der Waals surface area contributed by atoms with Gasteiger partial charge in [-0.05, 0) is 0 Å². The molecule has 0 aromatic carbocycles. The summed E-state index contributed by atoms with van der Waals surface area (Å²) in [6.45, 7) is 1.67. The molecule has 112 valence electrons. The van der Waals surface area contributed by atoms with Gasteiger partial charge >= 0.3 is 0 Å². The second kappa shape index (κ2) is 8.05. The Labute approximate surface area is 111 Å². The standard InChI is InChI=1S/C11H22N2O6/c1-11(2,6-15)9(18)10(19)13-4-8(17)12-3-7(16)5-14/h7,9,14-16,18H,3-6H2,1-2H3,(H,12,17)(H,13,19)/t7?,9-/m0/s1. The van der Waals surface area contributed by atoms with E-state index in [1.807, 2.05) is 0 Å². The van der Waals surface area contributed by atoms with Gasteiger partial charge in [0.25, 0.3) is 0 Å². The third kappa shape index (κ3) is 6.48. The fraction of sp³-hybridized carbons (Fsp3) is 0.818. The van der Waals surface area contributed by atoms with Crippen molar-refractivity contribution in [1.29, 1.82) is 0 Å². The van der Waals surface area contributed by atoms with Gasteiger partial charge in [0.15, 0.2) is 0 Å². The number of aliphatic hydroxyl groups is 4. The highest BCUT2D eigenvalue weighted by atomic mass is 16.3. The Morgan fingerprint density at radius 2 is 1.74 bits per heavy atom. The summed E-state index contributed by atoms with van der Waals surface area (Å²) in [7, 11) is 0. The summed E-state index contributed by atoms with van der Waals surface area (Å²) in [6.07, 6.45) is -2.49. The van der Waals surface area contributed by atoms with E-state index in [9.17, 15) is 14.7 Å². The lowest BCUT2D eigenvalue weighted by Crippen LogP contribution is -2.48. The van der Waals surface area contributed by atoms with E-state index in [1.54, 1.807) is 0 Å². The van der Waals surface area contributed by atoms with Gasteiger partial charge in [0, 0.05) is 12.0 Å². The minimum atomic E-state index is -1.44. The monoisotopic (exact) mass is 278 g/mol. The molecule has 0 radical (unpaired) electrons. The van der Waals surface area contributed by atoms with Crippen molar-refractivity contribution in [2.24, 2.45) is 5.41 Å². The van der Waals surface area contributed by atoms with Crippen molar-refractivity contribution in [2.75, 3.05) is 26.3 Å². The van der Waals surface area contributed by atoms with Gasteiger partial charge in [-0.25, -0.2) is 0 Å². The van der Waals surface area contributed by atoms with E-state index >= 15 is 0 Å². The Bertz CT molecular complexity index is 308. The molecule has 0 spiro atoms. The first-order valence-electron chi connectivity index (χ1n) is 5.87. The first kappa shape index (κ1) is 17.8. The molecule has 0 aromatic heterocycles. The summed E-state index contributed by atoms with van der Waals surface area (Å²) in [5.74, 6) is -1.33. The number of rotatable bonds is 8. The van der Waals surface area contributed by atoms with Crippen LogP contribution in [0.15, 0.2) is 0 Å². The second-order valence-corrected chi connectivity index (χ2v) is 4.91. The molecule has 0 saturated heterocycles. The summed E-state index contributed by atoms with van der Waals surface area (Å²) in [4.78, 5) is 22.8. The van der Waals surface area contributed by atoms with Crippen LogP contribution in [0, 0.1) is 5.41 Å². The van der Waals surface area contributed by atoms with Crippen LogP contribution in [-0.4, -0.2) is 70.8 Å². The lowest BCUT2D eigenvalue weighted by molar-refractivity contribution is -0.138. The van der Waals surface area contributed by atoms with Crippen LogP contribution in [0.25, 0.3) is 0 Å². The van der Waals surface area contributed by atoms with E-state index < -0.39 is 36.0 Å². The van der Waals surface area contributed by atoms with Gasteiger partial charge in [-0.2, -0.15) is 0 Å². The lowest BCUT2D eigenvalue weighted by atomic mass is 9.87. The molecule has 1 unspecified atom stereocenters. The molecule has 6 N–H and O–H groups in total. The van der Waals surface area contributed by atoms with Crippen molar-refractivity contribution >= 4 is 11.8 Å². The van der Waals surface area contributed by atoms with E-state index in [0.29, 0.717) is 0 Å². The molecular weight excluding hydrogens is 256 g/mol. The molecule has 0 aliphatic rings. The van der Waals surface area contributed by atoms with E-state index in [4.69, 9.17) is 15.3 Å². The number of nitrogens with one attached hydrogen (secondary N) is 2. The van der Waals surface area contributed by atoms with Gasteiger partial charge in [-0.15, -0.1) is 0 Å². The SMILES string of the molecule is CC(C)(CO)[C@@H](O)C(=O)NCC(=O)NCC(O)CO. The summed E-state index contributed by atoms with van der Waals surface area (Å²) in [5, 5.41) is 40.6. The van der Waals surface area contributed by atoms with E-state index in [1.165, 1.54) is 13.8 Å². The minimum absolute atomic E-state index is 0.129. The smallest absolute Gasteiger partial charge is 0.249 e. The Hall–Kier alpha value is -1.22. The first-order valence-corrected chi connectivity index (χ1v) is 5.87. The van der Waals surface area contributed by atoms with Crippen LogP contribution in [0.2, 0.25) is 0 Å². The predicted octanol–water partition coefficient (Wildman–Crippen LogP) is -3.05. The summed E-state index contributed by atoms with van der Waals surface area (Å²) >= 11 is 0. The number of carbonyl (C=O) groups excluding carboxylic acids is 2. The molecule has 8 nitrogen and oxygen atoms in total. The fourth-order valence-corrected chi connectivity index (χ4v) is 1.06. The molecule has 0 aromatic rings. The van der Waals surface area contributed by atoms with Gasteiger partial charge in [0.2, 0.25) is 11.8 Å². The van der Waals surface area contributed by atoms with Gasteiger partial charge in [0.05, 0.1) is 25.9 Å². The average Bonchev–Trinajstić information content (AvgIpc) is 2.40. The van der Waals surface area contributed by atoms with Crippen molar-refractivity contribution in [3.8, 4) is 0 Å². The van der Waals surface area contributed by atoms with Crippen LogP contribution in [0.1, 0.15) is 13.8 Å². The predicted molar refractivity (Wildman–Crippen MR) is 66.0 cm³/mol. The molecule has 8 heteroatoms. The van der Waals surface area contributed by atoms with Crippen molar-refractivity contribution < 1.29 is 30.0 Å². The highest BCUT2D eigenvalue weighted by molar-refractivity contribution is 5.87. The summed E-state index contributed by atoms with van der Waals surface area (Å²) in [6, 6.07) is 0. The molecule has 0 saturated carbocycles.